The van der Waals surface area contributed by atoms with E-state index in [0.717, 1.165) is 22.7 Å². The number of benzene rings is 1. The smallest absolute Gasteiger partial charge is 0.159 e. The Labute approximate surface area is 99.9 Å². The molecule has 1 aromatic heterocycles. The van der Waals surface area contributed by atoms with E-state index in [1.165, 1.54) is 0 Å². The molecular formula is C13H14N2O2. The molecule has 0 radical (unpaired) electrons. The minimum atomic E-state index is 0.716. The molecule has 0 amide bonds. The number of para-hydroxylation sites is 1. The number of aromatic nitrogens is 1. The molecule has 0 fully saturated rings. The van der Waals surface area contributed by atoms with Crippen molar-refractivity contribution in [3.05, 3.63) is 41.3 Å². The SMILES string of the molecule is COc1ccccc1C=Nc1c(C)noc1C. The van der Waals surface area contributed by atoms with Crippen molar-refractivity contribution in [2.24, 2.45) is 4.99 Å². The van der Waals surface area contributed by atoms with Gasteiger partial charge in [-0.2, -0.15) is 0 Å². The van der Waals surface area contributed by atoms with Crippen molar-refractivity contribution in [3.63, 3.8) is 0 Å². The van der Waals surface area contributed by atoms with Crippen LogP contribution in [-0.4, -0.2) is 18.5 Å². The zero-order valence-electron chi connectivity index (χ0n) is 10.1. The number of methoxy groups -OCH3 is 1. The van der Waals surface area contributed by atoms with Gasteiger partial charge in [0, 0.05) is 11.8 Å². The predicted molar refractivity (Wildman–Crippen MR) is 66.2 cm³/mol. The molecule has 88 valence electrons. The molecule has 4 nitrogen and oxygen atoms in total. The lowest BCUT2D eigenvalue weighted by Gasteiger charge is -2.02. The molecule has 0 spiro atoms. The third-order valence-corrected chi connectivity index (χ3v) is 2.47. The molecule has 0 unspecified atom stereocenters. The van der Waals surface area contributed by atoms with Crippen molar-refractivity contribution in [3.8, 4) is 5.75 Å². The van der Waals surface area contributed by atoms with Crippen LogP contribution in [0.2, 0.25) is 0 Å². The fraction of sp³-hybridized carbons (Fsp3) is 0.231. The van der Waals surface area contributed by atoms with E-state index in [1.54, 1.807) is 13.3 Å². The van der Waals surface area contributed by atoms with Gasteiger partial charge in [0.1, 0.15) is 17.1 Å². The van der Waals surface area contributed by atoms with Gasteiger partial charge in [-0.25, -0.2) is 0 Å². The summed E-state index contributed by atoms with van der Waals surface area (Å²) < 4.78 is 10.3. The molecule has 1 heterocycles. The van der Waals surface area contributed by atoms with Crippen LogP contribution < -0.4 is 4.74 Å². The van der Waals surface area contributed by atoms with Crippen LogP contribution in [0.4, 0.5) is 5.69 Å². The Balaban J connectivity index is 2.32. The molecule has 0 aliphatic carbocycles. The van der Waals surface area contributed by atoms with Crippen molar-refractivity contribution < 1.29 is 9.26 Å². The largest absolute Gasteiger partial charge is 0.496 e. The Kier molecular flexibility index (Phi) is 3.23. The van der Waals surface area contributed by atoms with Crippen LogP contribution in [0.1, 0.15) is 17.0 Å². The van der Waals surface area contributed by atoms with E-state index < -0.39 is 0 Å². The zero-order chi connectivity index (χ0) is 12.3. The summed E-state index contributed by atoms with van der Waals surface area (Å²) in [5.41, 5.74) is 2.49. The minimum absolute atomic E-state index is 0.716. The maximum absolute atomic E-state index is 5.25. The van der Waals surface area contributed by atoms with Crippen molar-refractivity contribution in [1.29, 1.82) is 0 Å². The van der Waals surface area contributed by atoms with Gasteiger partial charge in [-0.3, -0.25) is 4.99 Å². The van der Waals surface area contributed by atoms with Crippen LogP contribution in [0.3, 0.4) is 0 Å². The highest BCUT2D eigenvalue weighted by atomic mass is 16.5. The molecule has 2 aromatic rings. The highest BCUT2D eigenvalue weighted by Crippen LogP contribution is 2.23. The molecular weight excluding hydrogens is 216 g/mol. The Hall–Kier alpha value is -2.10. The maximum Gasteiger partial charge on any atom is 0.159 e. The molecule has 4 heteroatoms. The van der Waals surface area contributed by atoms with E-state index >= 15 is 0 Å². The first-order valence-electron chi connectivity index (χ1n) is 5.32. The lowest BCUT2D eigenvalue weighted by Crippen LogP contribution is -1.89. The van der Waals surface area contributed by atoms with Crippen molar-refractivity contribution in [2.75, 3.05) is 7.11 Å². The van der Waals surface area contributed by atoms with E-state index in [-0.39, 0.29) is 0 Å². The first kappa shape index (κ1) is 11.4. The predicted octanol–water partition coefficient (Wildman–Crippen LogP) is 3.05. The topological polar surface area (TPSA) is 47.6 Å². The average Bonchev–Trinajstić information content (AvgIpc) is 2.67. The maximum atomic E-state index is 5.25. The summed E-state index contributed by atoms with van der Waals surface area (Å²) in [7, 11) is 1.64. The van der Waals surface area contributed by atoms with Gasteiger partial charge in [-0.05, 0) is 26.0 Å². The normalized spacial score (nSPS) is 11.0. The number of rotatable bonds is 3. The first-order chi connectivity index (χ1) is 8.22. The van der Waals surface area contributed by atoms with Crippen LogP contribution in [0.15, 0.2) is 33.8 Å². The second-order valence-electron chi connectivity index (χ2n) is 3.67. The molecule has 0 aliphatic rings. The van der Waals surface area contributed by atoms with E-state index in [4.69, 9.17) is 9.26 Å². The van der Waals surface area contributed by atoms with E-state index in [0.29, 0.717) is 5.76 Å². The van der Waals surface area contributed by atoms with Gasteiger partial charge in [0.2, 0.25) is 0 Å². The highest BCUT2D eigenvalue weighted by Gasteiger charge is 2.06. The average molecular weight is 230 g/mol. The summed E-state index contributed by atoms with van der Waals surface area (Å²) in [6.45, 7) is 3.71. The second-order valence-corrected chi connectivity index (χ2v) is 3.67. The van der Waals surface area contributed by atoms with Crippen molar-refractivity contribution in [1.82, 2.24) is 5.16 Å². The fourth-order valence-corrected chi connectivity index (χ4v) is 1.57. The zero-order valence-corrected chi connectivity index (χ0v) is 10.1. The summed E-state index contributed by atoms with van der Waals surface area (Å²) in [6.07, 6.45) is 1.76. The second kappa shape index (κ2) is 4.82. The molecule has 0 bridgehead atoms. The minimum Gasteiger partial charge on any atom is -0.496 e. The van der Waals surface area contributed by atoms with Crippen LogP contribution >= 0.6 is 0 Å². The first-order valence-corrected chi connectivity index (χ1v) is 5.32. The van der Waals surface area contributed by atoms with Crippen LogP contribution in [0.25, 0.3) is 0 Å². The molecule has 0 saturated carbocycles. The third-order valence-electron chi connectivity index (χ3n) is 2.47. The summed E-state index contributed by atoms with van der Waals surface area (Å²) >= 11 is 0. The van der Waals surface area contributed by atoms with E-state index in [1.807, 2.05) is 38.1 Å². The number of hydrogen-bond donors (Lipinski definition) is 0. The Morgan fingerprint density at radius 2 is 2.06 bits per heavy atom. The lowest BCUT2D eigenvalue weighted by molar-refractivity contribution is 0.393. The van der Waals surface area contributed by atoms with Gasteiger partial charge >= 0.3 is 0 Å². The summed E-state index contributed by atoms with van der Waals surface area (Å²) in [4.78, 5) is 4.38. The molecule has 1 aromatic carbocycles. The quantitative estimate of drug-likeness (QED) is 0.761. The van der Waals surface area contributed by atoms with Gasteiger partial charge in [0.05, 0.1) is 7.11 Å². The number of nitrogens with zero attached hydrogens (tertiary/aromatic N) is 2. The number of aliphatic imine (C=N–C) groups is 1. The summed E-state index contributed by atoms with van der Waals surface area (Å²) in [5.74, 6) is 1.51. The Morgan fingerprint density at radius 1 is 1.29 bits per heavy atom. The van der Waals surface area contributed by atoms with Crippen molar-refractivity contribution in [2.45, 2.75) is 13.8 Å². The van der Waals surface area contributed by atoms with Crippen LogP contribution in [0, 0.1) is 13.8 Å². The summed E-state index contributed by atoms with van der Waals surface area (Å²) in [6, 6.07) is 7.71. The van der Waals surface area contributed by atoms with Crippen LogP contribution in [0.5, 0.6) is 5.75 Å². The third kappa shape index (κ3) is 2.36. The van der Waals surface area contributed by atoms with Gasteiger partial charge in [0.25, 0.3) is 0 Å². The molecule has 0 saturated heterocycles. The van der Waals surface area contributed by atoms with Gasteiger partial charge in [-0.1, -0.05) is 17.3 Å². The fourth-order valence-electron chi connectivity index (χ4n) is 1.57. The Bertz CT molecular complexity index is 525. The Morgan fingerprint density at radius 3 is 2.71 bits per heavy atom. The number of aryl methyl sites for hydroxylation is 2. The highest BCUT2D eigenvalue weighted by molar-refractivity contribution is 5.85. The van der Waals surface area contributed by atoms with Crippen molar-refractivity contribution >= 4 is 11.9 Å². The standard InChI is InChI=1S/C13H14N2O2/c1-9-13(10(2)17-15-9)14-8-11-6-4-5-7-12(11)16-3/h4-8H,1-3H3. The molecule has 0 atom stereocenters. The molecule has 17 heavy (non-hydrogen) atoms. The molecule has 0 N–H and O–H groups in total. The van der Waals surface area contributed by atoms with Gasteiger partial charge < -0.3 is 9.26 Å². The van der Waals surface area contributed by atoms with Crippen LogP contribution in [-0.2, 0) is 0 Å². The number of ether oxygens (including phenoxy) is 1. The monoisotopic (exact) mass is 230 g/mol. The lowest BCUT2D eigenvalue weighted by atomic mass is 10.2. The number of hydrogen-bond acceptors (Lipinski definition) is 4. The van der Waals surface area contributed by atoms with E-state index in [2.05, 4.69) is 10.1 Å². The molecule has 2 rings (SSSR count). The summed E-state index contributed by atoms with van der Waals surface area (Å²) in [5, 5.41) is 3.85. The van der Waals surface area contributed by atoms with Gasteiger partial charge in [-0.15, -0.1) is 0 Å². The van der Waals surface area contributed by atoms with E-state index in [9.17, 15) is 0 Å². The molecule has 0 aliphatic heterocycles. The van der Waals surface area contributed by atoms with Gasteiger partial charge in [0.15, 0.2) is 5.76 Å².